The molecule has 0 saturated heterocycles. The molecule has 2 N–H and O–H groups in total. The van der Waals surface area contributed by atoms with Crippen molar-refractivity contribution >= 4 is 11.7 Å². The highest BCUT2D eigenvalue weighted by Crippen LogP contribution is 2.17. The zero-order valence-corrected chi connectivity index (χ0v) is 10.6. The number of aromatic amines is 1. The highest BCUT2D eigenvalue weighted by atomic mass is 16.5. The van der Waals surface area contributed by atoms with Gasteiger partial charge in [0.1, 0.15) is 5.75 Å². The quantitative estimate of drug-likeness (QED) is 0.871. The minimum absolute atomic E-state index is 0.205. The first-order chi connectivity index (χ1) is 8.61. The molecule has 0 aliphatic carbocycles. The first kappa shape index (κ1) is 12.2. The number of carbonyl (C=O) groups excluding carboxylic acids is 1. The second-order valence-electron chi connectivity index (χ2n) is 4.01. The van der Waals surface area contributed by atoms with Gasteiger partial charge in [0.25, 0.3) is 5.91 Å². The molecule has 0 spiro atoms. The maximum Gasteiger partial charge on any atom is 0.257 e. The van der Waals surface area contributed by atoms with Gasteiger partial charge in [-0.05, 0) is 32.0 Å². The molecule has 0 aliphatic rings. The largest absolute Gasteiger partial charge is 0.497 e. The zero-order valence-electron chi connectivity index (χ0n) is 10.6. The Labute approximate surface area is 105 Å². The Bertz CT molecular complexity index is 575. The number of aromatic nitrogens is 2. The number of hydrogen-bond acceptors (Lipinski definition) is 3. The second-order valence-corrected chi connectivity index (χ2v) is 4.01. The van der Waals surface area contributed by atoms with E-state index < -0.39 is 0 Å². The van der Waals surface area contributed by atoms with Crippen LogP contribution in [0.4, 0.5) is 5.82 Å². The molecule has 1 aromatic heterocycles. The lowest BCUT2D eigenvalue weighted by molar-refractivity contribution is 0.102. The summed E-state index contributed by atoms with van der Waals surface area (Å²) in [4.78, 5) is 12.0. The number of carbonyl (C=O) groups is 1. The SMILES string of the molecule is COc1cccc(C(=O)Nc2n[nH]c(C)c2C)c1. The predicted octanol–water partition coefficient (Wildman–Crippen LogP) is 2.29. The van der Waals surface area contributed by atoms with E-state index in [4.69, 9.17) is 4.74 Å². The number of aryl methyl sites for hydroxylation is 1. The van der Waals surface area contributed by atoms with Crippen LogP contribution in [0.2, 0.25) is 0 Å². The van der Waals surface area contributed by atoms with Gasteiger partial charge in [0.2, 0.25) is 0 Å². The number of hydrogen-bond donors (Lipinski definition) is 2. The summed E-state index contributed by atoms with van der Waals surface area (Å²) in [5.41, 5.74) is 2.41. The molecule has 2 rings (SSSR count). The van der Waals surface area contributed by atoms with Gasteiger partial charge in [-0.1, -0.05) is 6.07 Å². The van der Waals surface area contributed by atoms with Gasteiger partial charge >= 0.3 is 0 Å². The third kappa shape index (κ3) is 2.34. The molecule has 1 heterocycles. The highest BCUT2D eigenvalue weighted by molar-refractivity contribution is 6.04. The normalized spacial score (nSPS) is 10.2. The Hall–Kier alpha value is -2.30. The molecule has 0 atom stereocenters. The molecule has 2 aromatic rings. The Balaban J connectivity index is 2.19. The van der Waals surface area contributed by atoms with Crippen molar-refractivity contribution in [2.75, 3.05) is 12.4 Å². The van der Waals surface area contributed by atoms with Crippen LogP contribution in [0.25, 0.3) is 0 Å². The average molecular weight is 245 g/mol. The fourth-order valence-electron chi connectivity index (χ4n) is 1.55. The molecular formula is C13H15N3O2. The van der Waals surface area contributed by atoms with E-state index in [0.717, 1.165) is 11.3 Å². The summed E-state index contributed by atoms with van der Waals surface area (Å²) in [6.45, 7) is 3.81. The van der Waals surface area contributed by atoms with Crippen molar-refractivity contribution in [3.63, 3.8) is 0 Å². The molecule has 0 radical (unpaired) electrons. The fraction of sp³-hybridized carbons (Fsp3) is 0.231. The maximum atomic E-state index is 12.0. The van der Waals surface area contributed by atoms with Crippen molar-refractivity contribution in [3.8, 4) is 5.75 Å². The van der Waals surface area contributed by atoms with Crippen LogP contribution < -0.4 is 10.1 Å². The number of ether oxygens (including phenoxy) is 1. The van der Waals surface area contributed by atoms with Gasteiger partial charge in [0.15, 0.2) is 5.82 Å². The summed E-state index contributed by atoms with van der Waals surface area (Å²) in [5.74, 6) is 1.00. The van der Waals surface area contributed by atoms with E-state index in [1.807, 2.05) is 13.8 Å². The summed E-state index contributed by atoms with van der Waals surface area (Å²) >= 11 is 0. The van der Waals surface area contributed by atoms with Crippen LogP contribution in [0.3, 0.4) is 0 Å². The Morgan fingerprint density at radius 2 is 2.17 bits per heavy atom. The average Bonchev–Trinajstić information content (AvgIpc) is 2.71. The van der Waals surface area contributed by atoms with Crippen LogP contribution in [-0.4, -0.2) is 23.2 Å². The number of H-pyrrole nitrogens is 1. The monoisotopic (exact) mass is 245 g/mol. The molecule has 94 valence electrons. The molecule has 5 heteroatoms. The van der Waals surface area contributed by atoms with Crippen LogP contribution in [0.15, 0.2) is 24.3 Å². The number of nitrogens with one attached hydrogen (secondary N) is 2. The lowest BCUT2D eigenvalue weighted by atomic mass is 10.2. The summed E-state index contributed by atoms with van der Waals surface area (Å²) in [6, 6.07) is 6.98. The molecule has 1 amide bonds. The molecule has 1 aromatic carbocycles. The van der Waals surface area contributed by atoms with E-state index in [0.29, 0.717) is 17.1 Å². The summed E-state index contributed by atoms with van der Waals surface area (Å²) in [5, 5.41) is 9.62. The van der Waals surface area contributed by atoms with E-state index >= 15 is 0 Å². The summed E-state index contributed by atoms with van der Waals surface area (Å²) in [6.07, 6.45) is 0. The number of amides is 1. The third-order valence-corrected chi connectivity index (χ3v) is 2.82. The van der Waals surface area contributed by atoms with E-state index in [9.17, 15) is 4.79 Å². The third-order valence-electron chi connectivity index (χ3n) is 2.82. The number of methoxy groups -OCH3 is 1. The lowest BCUT2D eigenvalue weighted by Gasteiger charge is -2.05. The molecule has 5 nitrogen and oxygen atoms in total. The molecule has 0 aliphatic heterocycles. The standard InChI is InChI=1S/C13H15N3O2/c1-8-9(2)15-16-12(8)14-13(17)10-5-4-6-11(7-10)18-3/h4-7H,1-3H3,(H2,14,15,16,17). The number of nitrogens with zero attached hydrogens (tertiary/aromatic N) is 1. The van der Waals surface area contributed by atoms with Crippen molar-refractivity contribution in [3.05, 3.63) is 41.1 Å². The van der Waals surface area contributed by atoms with Crippen molar-refractivity contribution in [1.29, 1.82) is 0 Å². The van der Waals surface area contributed by atoms with E-state index in [2.05, 4.69) is 15.5 Å². The molecule has 0 bridgehead atoms. The van der Waals surface area contributed by atoms with Crippen LogP contribution in [-0.2, 0) is 0 Å². The smallest absolute Gasteiger partial charge is 0.257 e. The van der Waals surface area contributed by atoms with E-state index in [1.54, 1.807) is 31.4 Å². The molecule has 0 fully saturated rings. The Morgan fingerprint density at radius 3 is 2.78 bits per heavy atom. The Kier molecular flexibility index (Phi) is 3.32. The molecule has 0 unspecified atom stereocenters. The summed E-state index contributed by atoms with van der Waals surface area (Å²) < 4.78 is 5.08. The minimum Gasteiger partial charge on any atom is -0.497 e. The van der Waals surface area contributed by atoms with Gasteiger partial charge < -0.3 is 10.1 Å². The van der Waals surface area contributed by atoms with Gasteiger partial charge in [-0.3, -0.25) is 9.89 Å². The minimum atomic E-state index is -0.205. The fourth-order valence-corrected chi connectivity index (χ4v) is 1.55. The predicted molar refractivity (Wildman–Crippen MR) is 69.0 cm³/mol. The molecule has 0 saturated carbocycles. The van der Waals surface area contributed by atoms with Crippen molar-refractivity contribution in [1.82, 2.24) is 10.2 Å². The first-order valence-electron chi connectivity index (χ1n) is 5.59. The number of anilines is 1. The highest BCUT2D eigenvalue weighted by Gasteiger charge is 2.11. The van der Waals surface area contributed by atoms with Gasteiger partial charge in [0.05, 0.1) is 7.11 Å². The summed E-state index contributed by atoms with van der Waals surface area (Å²) in [7, 11) is 1.57. The molecular weight excluding hydrogens is 230 g/mol. The zero-order chi connectivity index (χ0) is 13.1. The van der Waals surface area contributed by atoms with Crippen LogP contribution >= 0.6 is 0 Å². The Morgan fingerprint density at radius 1 is 1.39 bits per heavy atom. The topological polar surface area (TPSA) is 67.0 Å². The van der Waals surface area contributed by atoms with Crippen molar-refractivity contribution < 1.29 is 9.53 Å². The van der Waals surface area contributed by atoms with Crippen LogP contribution in [0, 0.1) is 13.8 Å². The van der Waals surface area contributed by atoms with E-state index in [1.165, 1.54) is 0 Å². The van der Waals surface area contributed by atoms with Crippen molar-refractivity contribution in [2.45, 2.75) is 13.8 Å². The lowest BCUT2D eigenvalue weighted by Crippen LogP contribution is -2.13. The van der Waals surface area contributed by atoms with Gasteiger partial charge in [0, 0.05) is 16.8 Å². The first-order valence-corrected chi connectivity index (χ1v) is 5.59. The van der Waals surface area contributed by atoms with Gasteiger partial charge in [-0.15, -0.1) is 0 Å². The van der Waals surface area contributed by atoms with Gasteiger partial charge in [-0.2, -0.15) is 5.10 Å². The number of rotatable bonds is 3. The maximum absolute atomic E-state index is 12.0. The van der Waals surface area contributed by atoms with Crippen LogP contribution in [0.1, 0.15) is 21.6 Å². The van der Waals surface area contributed by atoms with Crippen molar-refractivity contribution in [2.24, 2.45) is 0 Å². The van der Waals surface area contributed by atoms with E-state index in [-0.39, 0.29) is 5.91 Å². The second kappa shape index (κ2) is 4.91. The van der Waals surface area contributed by atoms with Gasteiger partial charge in [-0.25, -0.2) is 0 Å². The number of benzene rings is 1. The van der Waals surface area contributed by atoms with Crippen LogP contribution in [0.5, 0.6) is 5.75 Å². The molecule has 18 heavy (non-hydrogen) atoms.